The molecule has 0 radical (unpaired) electrons. The van der Waals surface area contributed by atoms with Gasteiger partial charge in [0.25, 0.3) is 0 Å². The van der Waals surface area contributed by atoms with Gasteiger partial charge in [0.05, 0.1) is 17.1 Å². The average Bonchev–Trinajstić information content (AvgIpc) is 2.72. The Labute approximate surface area is 196 Å². The lowest BCUT2D eigenvalue weighted by atomic mass is 10.0. The second kappa shape index (κ2) is 8.97. The van der Waals surface area contributed by atoms with Gasteiger partial charge >= 0.3 is 0 Å². The third-order valence-corrected chi connectivity index (χ3v) is 5.43. The molecule has 31 heavy (non-hydrogen) atoms. The van der Waals surface area contributed by atoms with Gasteiger partial charge in [0.15, 0.2) is 0 Å². The van der Waals surface area contributed by atoms with E-state index in [9.17, 15) is 0 Å². The van der Waals surface area contributed by atoms with Crippen LogP contribution in [0.3, 0.4) is 0 Å². The van der Waals surface area contributed by atoms with Crippen LogP contribution >= 0.6 is 0 Å². The summed E-state index contributed by atoms with van der Waals surface area (Å²) >= 11 is 0. The highest BCUT2D eigenvalue weighted by Gasteiger charge is 2.15. The molecule has 1 aliphatic rings. The second-order valence-corrected chi connectivity index (χ2v) is 8.27. The van der Waals surface area contributed by atoms with Crippen molar-refractivity contribution in [3.05, 3.63) is 98.3 Å². The molecule has 0 amide bonds. The van der Waals surface area contributed by atoms with Crippen LogP contribution in [-0.2, 0) is 0 Å². The van der Waals surface area contributed by atoms with Gasteiger partial charge in [0, 0.05) is 21.0 Å². The maximum atomic E-state index is 8.26. The summed E-state index contributed by atoms with van der Waals surface area (Å²) in [6.07, 6.45) is 4.94. The van der Waals surface area contributed by atoms with Crippen LogP contribution in [0.5, 0.6) is 0 Å². The monoisotopic (exact) mass is 418 g/mol. The van der Waals surface area contributed by atoms with Crippen LogP contribution in [0.2, 0.25) is 0 Å². The summed E-state index contributed by atoms with van der Waals surface area (Å²) in [5, 5.41) is 4.64. The topological polar surface area (TPSA) is 29.7 Å². The number of allylic oxidation sites excluding steroid dienone is 5. The lowest BCUT2D eigenvalue weighted by molar-refractivity contribution is 0.552. The molecule has 0 fully saturated rings. The van der Waals surface area contributed by atoms with Crippen molar-refractivity contribution in [1.29, 1.82) is 0 Å². The molecule has 1 heterocycles. The molecule has 0 N–H and O–H groups in total. The average molecular weight is 419 g/mol. The normalized spacial score (nSPS) is 19.5. The number of likely N-dealkylation sites (N-methyl/N-ethyl adjacent to an activating group) is 1. The fourth-order valence-electron chi connectivity index (χ4n) is 4.10. The predicted molar refractivity (Wildman–Crippen MR) is 135 cm³/mol. The van der Waals surface area contributed by atoms with E-state index in [1.807, 2.05) is 65.8 Å². The number of benzene rings is 2. The van der Waals surface area contributed by atoms with Crippen LogP contribution in [0, 0.1) is 41.5 Å². The van der Waals surface area contributed by atoms with Gasteiger partial charge in [-0.1, -0.05) is 59.4 Å². The molecule has 0 saturated heterocycles. The zero-order valence-electron chi connectivity index (χ0n) is 25.4. The molecule has 0 unspecified atom stereocenters. The van der Waals surface area contributed by atoms with E-state index in [0.29, 0.717) is 22.8 Å². The van der Waals surface area contributed by atoms with E-state index in [-0.39, 0.29) is 11.4 Å². The predicted octanol–water partition coefficient (Wildman–Crippen LogP) is 7.95. The minimum absolute atomic E-state index is 0.112. The van der Waals surface area contributed by atoms with Crippen LogP contribution in [0.25, 0.3) is 5.32 Å². The van der Waals surface area contributed by atoms with Gasteiger partial charge in [-0.3, -0.25) is 4.99 Å². The van der Waals surface area contributed by atoms with Crippen LogP contribution < -0.4 is 0 Å². The van der Waals surface area contributed by atoms with Gasteiger partial charge in [-0.05, 0) is 71.7 Å². The highest BCUT2D eigenvalue weighted by molar-refractivity contribution is 6.00. The summed E-state index contributed by atoms with van der Waals surface area (Å²) in [5.74, 6) is 0. The lowest BCUT2D eigenvalue weighted by Gasteiger charge is -2.35. The molecule has 0 spiro atoms. The molecule has 0 atom stereocenters. The molecule has 0 aliphatic carbocycles. The molecule has 3 rings (SSSR count). The number of rotatable bonds is 4. The summed E-state index contributed by atoms with van der Waals surface area (Å²) in [7, 11) is 1.65. The molecule has 3 heteroatoms. The molecular weight excluding hydrogens is 378 g/mol. The van der Waals surface area contributed by atoms with E-state index in [2.05, 4.69) is 10.3 Å². The van der Waals surface area contributed by atoms with Crippen LogP contribution in [-0.4, -0.2) is 17.7 Å². The number of nitrogens with zero attached hydrogens (tertiary/aromatic N) is 3. The van der Waals surface area contributed by atoms with Crippen molar-refractivity contribution in [2.45, 2.75) is 55.2 Å². The number of hydrogen-bond acceptors (Lipinski definition) is 2. The van der Waals surface area contributed by atoms with E-state index < -0.39 is 13.7 Å². The molecule has 162 valence electrons. The fraction of sp³-hybridized carbons (Fsp3) is 0.321. The first-order chi connectivity index (χ1) is 17.0. The van der Waals surface area contributed by atoms with Gasteiger partial charge in [-0.15, -0.1) is 11.4 Å². The molecule has 1 aliphatic heterocycles. The van der Waals surface area contributed by atoms with Gasteiger partial charge < -0.3 is 10.2 Å². The maximum Gasteiger partial charge on any atom is 0.0692 e. The van der Waals surface area contributed by atoms with Crippen molar-refractivity contribution >= 4 is 17.1 Å². The Hall–Kier alpha value is -3.07. The van der Waals surface area contributed by atoms with E-state index in [1.165, 1.54) is 0 Å². The highest BCUT2D eigenvalue weighted by atomic mass is 15.1. The van der Waals surface area contributed by atoms with Gasteiger partial charge in [0.2, 0.25) is 0 Å². The number of hydrogen-bond donors (Lipinski definition) is 0. The van der Waals surface area contributed by atoms with Crippen LogP contribution in [0.15, 0.2) is 64.6 Å². The smallest absolute Gasteiger partial charge is 0.0692 e. The summed E-state index contributed by atoms with van der Waals surface area (Å²) in [6.45, 7) is 6.48. The Balaban J connectivity index is 2.19. The first-order valence-corrected chi connectivity index (χ1v) is 10.3. The third kappa shape index (κ3) is 4.82. The molecule has 2 aromatic rings. The minimum atomic E-state index is -2.54. The second-order valence-electron chi connectivity index (χ2n) is 8.27. The van der Waals surface area contributed by atoms with Crippen molar-refractivity contribution in [2.75, 3.05) is 7.05 Å². The van der Waals surface area contributed by atoms with Crippen molar-refractivity contribution in [3.8, 4) is 0 Å². The fourth-order valence-corrected chi connectivity index (χ4v) is 4.10. The molecule has 0 saturated carbocycles. The van der Waals surface area contributed by atoms with Crippen molar-refractivity contribution < 1.29 is 8.22 Å². The van der Waals surface area contributed by atoms with Crippen molar-refractivity contribution in [2.24, 2.45) is 4.99 Å². The van der Waals surface area contributed by atoms with Crippen molar-refractivity contribution in [1.82, 2.24) is 4.90 Å². The minimum Gasteiger partial charge on any atom is -0.659 e. The molecule has 2 aromatic carbocycles. The van der Waals surface area contributed by atoms with E-state index in [4.69, 9.17) is 8.22 Å². The van der Waals surface area contributed by atoms with Gasteiger partial charge in [-0.2, -0.15) is 0 Å². The van der Waals surface area contributed by atoms with Crippen LogP contribution in [0.1, 0.15) is 55.3 Å². The van der Waals surface area contributed by atoms with Crippen LogP contribution in [0.4, 0.5) is 11.4 Å². The number of aliphatic imine (C=N–C) groups is 1. The van der Waals surface area contributed by atoms with Crippen molar-refractivity contribution in [3.63, 3.8) is 0 Å². The first-order valence-electron chi connectivity index (χ1n) is 13.3. The summed E-state index contributed by atoms with van der Waals surface area (Å²) in [4.78, 5) is 6.20. The zero-order valence-corrected chi connectivity index (χ0v) is 19.4. The Morgan fingerprint density at radius 3 is 2.00 bits per heavy atom. The molecule has 0 aromatic heterocycles. The van der Waals surface area contributed by atoms with Gasteiger partial charge in [-0.25, -0.2) is 0 Å². The Morgan fingerprint density at radius 1 is 0.871 bits per heavy atom. The maximum absolute atomic E-state index is 8.26. The molecule has 3 nitrogen and oxygen atoms in total. The molecule has 0 bridgehead atoms. The molecular formula is C28H34N3-. The summed E-state index contributed by atoms with van der Waals surface area (Å²) < 4.78 is 49.6. The SMILES string of the molecule is [2H]C([2H])([2H])C(=Nc1c(C)cc(C)cc1C)C1=CC=C/C(=C(\[N-]c2c(C)cc(C)cc2C)C([2H])([2H])[2H])N1C. The van der Waals surface area contributed by atoms with E-state index in [0.717, 1.165) is 33.4 Å². The third-order valence-electron chi connectivity index (χ3n) is 5.43. The summed E-state index contributed by atoms with van der Waals surface area (Å²) in [6, 6.07) is 7.85. The largest absolute Gasteiger partial charge is 0.659 e. The Morgan fingerprint density at radius 2 is 1.45 bits per heavy atom. The zero-order chi connectivity index (χ0) is 27.9. The Bertz CT molecular complexity index is 1290. The lowest BCUT2D eigenvalue weighted by Crippen LogP contribution is -2.23. The summed E-state index contributed by atoms with van der Waals surface area (Å²) in [5.41, 5.74) is 7.17. The van der Waals surface area contributed by atoms with E-state index >= 15 is 0 Å². The first kappa shape index (κ1) is 15.7. The van der Waals surface area contributed by atoms with Gasteiger partial charge in [0.1, 0.15) is 0 Å². The van der Waals surface area contributed by atoms with E-state index in [1.54, 1.807) is 30.2 Å². The highest BCUT2D eigenvalue weighted by Crippen LogP contribution is 2.35. The number of aryl methyl sites for hydroxylation is 6. The standard InChI is InChI=1S/C28H34N3/c1-17-13-19(3)27(20(4)14-17)29-23(7)25-11-10-12-26(31(25)9)24(8)30-28-21(5)15-18(2)16-22(28)6/h10-16H,1-9H3/q-1/b25-23+,30-24?/i7D3,8D3. The quantitative estimate of drug-likeness (QED) is 0.463. The Kier molecular flexibility index (Phi) is 4.54.